The van der Waals surface area contributed by atoms with Crippen molar-refractivity contribution in [2.75, 3.05) is 19.7 Å². The fraction of sp³-hybridized carbons (Fsp3) is 0.273. The highest BCUT2D eigenvalue weighted by Gasteiger charge is 2.30. The van der Waals surface area contributed by atoms with Crippen molar-refractivity contribution in [1.29, 1.82) is 0 Å². The van der Waals surface area contributed by atoms with E-state index in [0.29, 0.717) is 42.4 Å². The Kier molecular flexibility index (Phi) is 5.85. The number of hydrogen-bond donors (Lipinski definition) is 1. The van der Waals surface area contributed by atoms with Gasteiger partial charge in [-0.25, -0.2) is 0 Å². The van der Waals surface area contributed by atoms with E-state index in [9.17, 15) is 9.59 Å². The Balaban J connectivity index is 1.50. The number of benzene rings is 2. The predicted molar refractivity (Wildman–Crippen MR) is 115 cm³/mol. The normalized spacial score (nSPS) is 16.9. The SMILES string of the molecule is NC(=O)c1sc2ccccc2c1C1CN(C(=O)CCc2ccc(Cl)cc2)CCO1. The second-order valence-corrected chi connectivity index (χ2v) is 8.52. The Morgan fingerprint density at radius 3 is 2.69 bits per heavy atom. The largest absolute Gasteiger partial charge is 0.370 e. The molecule has 2 aromatic carbocycles. The molecule has 1 atom stereocenters. The van der Waals surface area contributed by atoms with Crippen LogP contribution in [0, 0.1) is 0 Å². The van der Waals surface area contributed by atoms with Gasteiger partial charge in [0.05, 0.1) is 18.0 Å². The first-order chi connectivity index (χ1) is 14.0. The average Bonchev–Trinajstić information content (AvgIpc) is 3.13. The van der Waals surface area contributed by atoms with Crippen molar-refractivity contribution in [2.24, 2.45) is 5.73 Å². The van der Waals surface area contributed by atoms with E-state index >= 15 is 0 Å². The first-order valence-electron chi connectivity index (χ1n) is 9.48. The summed E-state index contributed by atoms with van der Waals surface area (Å²) in [6.07, 6.45) is 0.717. The number of aryl methyl sites for hydroxylation is 1. The minimum Gasteiger partial charge on any atom is -0.370 e. The van der Waals surface area contributed by atoms with Crippen LogP contribution in [-0.4, -0.2) is 36.4 Å². The minimum atomic E-state index is -0.462. The molecule has 1 aliphatic heterocycles. The smallest absolute Gasteiger partial charge is 0.259 e. The molecule has 1 fully saturated rings. The molecule has 0 aliphatic carbocycles. The number of carbonyl (C=O) groups excluding carboxylic acids is 2. The molecule has 7 heteroatoms. The number of halogens is 1. The molecule has 2 N–H and O–H groups in total. The maximum absolute atomic E-state index is 12.8. The molecule has 2 amide bonds. The summed E-state index contributed by atoms with van der Waals surface area (Å²) in [6, 6.07) is 15.3. The highest BCUT2D eigenvalue weighted by atomic mass is 35.5. The molecule has 1 unspecified atom stereocenters. The van der Waals surface area contributed by atoms with Crippen LogP contribution in [0.25, 0.3) is 10.1 Å². The van der Waals surface area contributed by atoms with Crippen LogP contribution in [0.3, 0.4) is 0 Å². The summed E-state index contributed by atoms with van der Waals surface area (Å²) >= 11 is 7.29. The van der Waals surface area contributed by atoms with Crippen LogP contribution in [0.1, 0.15) is 33.3 Å². The number of thiophene rings is 1. The van der Waals surface area contributed by atoms with E-state index in [1.807, 2.05) is 53.4 Å². The molecule has 1 aromatic heterocycles. The van der Waals surface area contributed by atoms with Crippen molar-refractivity contribution >= 4 is 44.8 Å². The quantitative estimate of drug-likeness (QED) is 0.662. The number of morpholine rings is 1. The summed E-state index contributed by atoms with van der Waals surface area (Å²) in [7, 11) is 0. The lowest BCUT2D eigenvalue weighted by Crippen LogP contribution is -2.42. The van der Waals surface area contributed by atoms with Gasteiger partial charge in [-0.1, -0.05) is 41.9 Å². The van der Waals surface area contributed by atoms with Gasteiger partial charge in [0.15, 0.2) is 0 Å². The maximum atomic E-state index is 12.8. The number of nitrogens with zero attached hydrogens (tertiary/aromatic N) is 1. The molecule has 1 aliphatic rings. The number of carbonyl (C=O) groups is 2. The number of amides is 2. The van der Waals surface area contributed by atoms with Crippen molar-refractivity contribution in [1.82, 2.24) is 4.90 Å². The predicted octanol–water partition coefficient (Wildman–Crippen LogP) is 4.19. The van der Waals surface area contributed by atoms with Gasteiger partial charge >= 0.3 is 0 Å². The molecular formula is C22H21ClN2O3S. The van der Waals surface area contributed by atoms with E-state index in [1.165, 1.54) is 11.3 Å². The Labute approximate surface area is 178 Å². The lowest BCUT2D eigenvalue weighted by molar-refractivity contribution is -0.138. The molecular weight excluding hydrogens is 408 g/mol. The summed E-state index contributed by atoms with van der Waals surface area (Å²) in [5.41, 5.74) is 7.50. The van der Waals surface area contributed by atoms with Gasteiger partial charge in [-0.3, -0.25) is 9.59 Å². The third-order valence-electron chi connectivity index (χ3n) is 5.14. The van der Waals surface area contributed by atoms with Crippen molar-refractivity contribution in [3.05, 3.63) is 69.6 Å². The van der Waals surface area contributed by atoms with Gasteiger partial charge in [0.25, 0.3) is 5.91 Å². The highest BCUT2D eigenvalue weighted by molar-refractivity contribution is 7.21. The lowest BCUT2D eigenvalue weighted by Gasteiger charge is -2.33. The molecule has 1 saturated heterocycles. The number of fused-ring (bicyclic) bond motifs is 1. The van der Waals surface area contributed by atoms with E-state index in [-0.39, 0.29) is 12.0 Å². The zero-order valence-electron chi connectivity index (χ0n) is 15.8. The number of ether oxygens (including phenoxy) is 1. The summed E-state index contributed by atoms with van der Waals surface area (Å²) in [5, 5.41) is 1.65. The van der Waals surface area contributed by atoms with Crippen LogP contribution in [0.5, 0.6) is 0 Å². The molecule has 0 radical (unpaired) electrons. The first-order valence-corrected chi connectivity index (χ1v) is 10.7. The fourth-order valence-electron chi connectivity index (χ4n) is 3.68. The molecule has 3 aromatic rings. The van der Waals surface area contributed by atoms with Gasteiger partial charge < -0.3 is 15.4 Å². The van der Waals surface area contributed by atoms with Crippen LogP contribution in [0.4, 0.5) is 0 Å². The molecule has 5 nitrogen and oxygen atoms in total. The van der Waals surface area contributed by atoms with Crippen molar-refractivity contribution in [3.63, 3.8) is 0 Å². The monoisotopic (exact) mass is 428 g/mol. The third-order valence-corrected chi connectivity index (χ3v) is 6.59. The van der Waals surface area contributed by atoms with E-state index in [0.717, 1.165) is 21.2 Å². The number of rotatable bonds is 5. The summed E-state index contributed by atoms with van der Waals surface area (Å²) in [6.45, 7) is 1.39. The van der Waals surface area contributed by atoms with Crippen LogP contribution >= 0.6 is 22.9 Å². The van der Waals surface area contributed by atoms with Crippen LogP contribution in [-0.2, 0) is 16.0 Å². The maximum Gasteiger partial charge on any atom is 0.259 e. The molecule has 150 valence electrons. The molecule has 0 bridgehead atoms. The van der Waals surface area contributed by atoms with E-state index in [4.69, 9.17) is 22.1 Å². The van der Waals surface area contributed by atoms with Crippen molar-refractivity contribution < 1.29 is 14.3 Å². The second kappa shape index (κ2) is 8.53. The molecule has 0 spiro atoms. The summed E-state index contributed by atoms with van der Waals surface area (Å²) < 4.78 is 6.96. The van der Waals surface area contributed by atoms with E-state index in [1.54, 1.807) is 0 Å². The summed E-state index contributed by atoms with van der Waals surface area (Å²) in [4.78, 5) is 27.1. The third kappa shape index (κ3) is 4.29. The number of primary amides is 1. The first kappa shape index (κ1) is 19.9. The molecule has 2 heterocycles. The standard InChI is InChI=1S/C22H21ClN2O3S/c23-15-8-5-14(6-9-15)7-10-19(26)25-11-12-28-17(13-25)20-16-3-1-2-4-18(16)29-21(20)22(24)27/h1-6,8-9,17H,7,10-13H2,(H2,24,27). The molecule has 29 heavy (non-hydrogen) atoms. The molecule has 0 saturated carbocycles. The van der Waals surface area contributed by atoms with Crippen LogP contribution < -0.4 is 5.73 Å². The second-order valence-electron chi connectivity index (χ2n) is 7.03. The fourth-order valence-corrected chi connectivity index (χ4v) is 4.91. The zero-order chi connectivity index (χ0) is 20.4. The van der Waals surface area contributed by atoms with Gasteiger partial charge in [-0.15, -0.1) is 11.3 Å². The van der Waals surface area contributed by atoms with Gasteiger partial charge in [0.1, 0.15) is 6.10 Å². The lowest BCUT2D eigenvalue weighted by atomic mass is 10.0. The Bertz CT molecular complexity index is 1050. The zero-order valence-corrected chi connectivity index (χ0v) is 17.3. The summed E-state index contributed by atoms with van der Waals surface area (Å²) in [5.74, 6) is -0.385. The van der Waals surface area contributed by atoms with E-state index < -0.39 is 5.91 Å². The average molecular weight is 429 g/mol. The molecule has 4 rings (SSSR count). The number of hydrogen-bond acceptors (Lipinski definition) is 4. The van der Waals surface area contributed by atoms with Crippen LogP contribution in [0.15, 0.2) is 48.5 Å². The minimum absolute atomic E-state index is 0.0772. The van der Waals surface area contributed by atoms with Crippen LogP contribution in [0.2, 0.25) is 5.02 Å². The van der Waals surface area contributed by atoms with Gasteiger partial charge in [-0.2, -0.15) is 0 Å². The highest BCUT2D eigenvalue weighted by Crippen LogP contribution is 2.38. The Morgan fingerprint density at radius 2 is 1.93 bits per heavy atom. The van der Waals surface area contributed by atoms with E-state index in [2.05, 4.69) is 0 Å². The Hall–Kier alpha value is -2.41. The van der Waals surface area contributed by atoms with Gasteiger partial charge in [0, 0.05) is 28.3 Å². The van der Waals surface area contributed by atoms with Gasteiger partial charge in [0.2, 0.25) is 5.91 Å². The topological polar surface area (TPSA) is 72.6 Å². The van der Waals surface area contributed by atoms with Crippen molar-refractivity contribution in [3.8, 4) is 0 Å². The van der Waals surface area contributed by atoms with Crippen molar-refractivity contribution in [2.45, 2.75) is 18.9 Å². The number of nitrogens with two attached hydrogens (primary N) is 1. The Morgan fingerprint density at radius 1 is 1.17 bits per heavy atom. The van der Waals surface area contributed by atoms with Gasteiger partial charge in [-0.05, 0) is 35.6 Å².